The van der Waals surface area contributed by atoms with E-state index < -0.39 is 5.56 Å². The Bertz CT molecular complexity index is 989. The second-order valence-corrected chi connectivity index (χ2v) is 5.84. The highest BCUT2D eigenvalue weighted by molar-refractivity contribution is 7.71. The number of aliphatic imine (C=N–C) groups is 1. The molecule has 116 valence electrons. The van der Waals surface area contributed by atoms with Gasteiger partial charge in [-0.1, -0.05) is 23.2 Å². The predicted molar refractivity (Wildman–Crippen MR) is 94.5 cm³/mol. The maximum atomic E-state index is 12.1. The Morgan fingerprint density at radius 1 is 1.30 bits per heavy atom. The first-order valence-corrected chi connectivity index (χ1v) is 7.60. The Hall–Kier alpha value is -2.15. The topological polar surface area (TPSA) is 70.4 Å². The van der Waals surface area contributed by atoms with Gasteiger partial charge in [0.25, 0.3) is 5.56 Å². The number of aromatic amines is 1. The molecule has 0 bridgehead atoms. The highest BCUT2D eigenvalue weighted by Crippen LogP contribution is 2.28. The first-order chi connectivity index (χ1) is 11.0. The molecule has 0 saturated carbocycles. The number of hydrogen-bond donors (Lipinski definition) is 2. The van der Waals surface area contributed by atoms with E-state index in [9.17, 15) is 9.90 Å². The SMILES string of the molecule is O=c1[nH]c(=S)n(-c2ccc(Cl)c(Cl)c2)c(O)c1C=C1C=CC=N1. The summed E-state index contributed by atoms with van der Waals surface area (Å²) in [4.78, 5) is 18.7. The van der Waals surface area contributed by atoms with Gasteiger partial charge in [0, 0.05) is 6.21 Å². The van der Waals surface area contributed by atoms with E-state index in [1.807, 2.05) is 0 Å². The number of allylic oxidation sites excluding steroid dienone is 2. The minimum atomic E-state index is -0.508. The van der Waals surface area contributed by atoms with Crippen molar-refractivity contribution in [3.05, 3.63) is 66.8 Å². The van der Waals surface area contributed by atoms with E-state index in [0.29, 0.717) is 21.4 Å². The molecule has 2 aromatic rings. The Balaban J connectivity index is 2.25. The molecule has 1 aromatic carbocycles. The molecule has 2 heterocycles. The molecule has 0 atom stereocenters. The molecule has 1 aromatic heterocycles. The lowest BCUT2D eigenvalue weighted by molar-refractivity contribution is 0.432. The molecule has 0 aliphatic carbocycles. The Morgan fingerprint density at radius 3 is 2.74 bits per heavy atom. The molecule has 0 spiro atoms. The molecular weight excluding hydrogens is 357 g/mol. The lowest BCUT2D eigenvalue weighted by Crippen LogP contribution is -2.16. The number of nitrogens with one attached hydrogen (secondary N) is 1. The molecule has 2 N–H and O–H groups in total. The van der Waals surface area contributed by atoms with Crippen LogP contribution in [0, 0.1) is 4.77 Å². The summed E-state index contributed by atoms with van der Waals surface area (Å²) in [6.45, 7) is 0. The molecule has 0 unspecified atom stereocenters. The Kier molecular flexibility index (Phi) is 4.21. The van der Waals surface area contributed by atoms with Crippen LogP contribution >= 0.6 is 35.4 Å². The number of nitrogens with zero attached hydrogens (tertiary/aromatic N) is 2. The van der Waals surface area contributed by atoms with E-state index in [-0.39, 0.29) is 16.2 Å². The van der Waals surface area contributed by atoms with Gasteiger partial charge in [0.15, 0.2) is 4.77 Å². The van der Waals surface area contributed by atoms with Crippen LogP contribution in [0.3, 0.4) is 0 Å². The molecule has 0 fully saturated rings. The fourth-order valence-corrected chi connectivity index (χ4v) is 2.66. The largest absolute Gasteiger partial charge is 0.494 e. The van der Waals surface area contributed by atoms with Crippen LogP contribution in [0.2, 0.25) is 10.0 Å². The van der Waals surface area contributed by atoms with Crippen LogP contribution in [0.15, 0.2) is 45.8 Å². The van der Waals surface area contributed by atoms with E-state index in [1.165, 1.54) is 10.6 Å². The molecule has 1 aliphatic rings. The van der Waals surface area contributed by atoms with Crippen LogP contribution < -0.4 is 5.56 Å². The Labute approximate surface area is 145 Å². The first-order valence-electron chi connectivity index (χ1n) is 6.43. The standard InChI is InChI=1S/C15H9Cl2N3O2S/c16-11-4-3-9(7-12(11)17)20-14(22)10(13(21)19-15(20)23)6-8-2-1-5-18-8/h1-7,22H,(H,19,21,23). The predicted octanol–water partition coefficient (Wildman–Crippen LogP) is 3.89. The minimum Gasteiger partial charge on any atom is -0.494 e. The van der Waals surface area contributed by atoms with Crippen LogP contribution in [0.5, 0.6) is 5.88 Å². The number of rotatable bonds is 2. The summed E-state index contributed by atoms with van der Waals surface area (Å²) >= 11 is 17.0. The van der Waals surface area contributed by atoms with E-state index in [0.717, 1.165) is 0 Å². The first kappa shape index (κ1) is 15.7. The Morgan fingerprint density at radius 2 is 2.09 bits per heavy atom. The average molecular weight is 366 g/mol. The maximum Gasteiger partial charge on any atom is 0.262 e. The smallest absolute Gasteiger partial charge is 0.262 e. The van der Waals surface area contributed by atoms with Crippen LogP contribution in [-0.4, -0.2) is 20.9 Å². The van der Waals surface area contributed by atoms with Crippen molar-refractivity contribution in [1.29, 1.82) is 0 Å². The van der Waals surface area contributed by atoms with Crippen molar-refractivity contribution < 1.29 is 5.11 Å². The van der Waals surface area contributed by atoms with Crippen molar-refractivity contribution in [2.75, 3.05) is 0 Å². The third-order valence-corrected chi connectivity index (χ3v) is 4.17. The van der Waals surface area contributed by atoms with Crippen molar-refractivity contribution in [2.45, 2.75) is 0 Å². The summed E-state index contributed by atoms with van der Waals surface area (Å²) in [7, 11) is 0. The average Bonchev–Trinajstić information content (AvgIpc) is 3.00. The lowest BCUT2D eigenvalue weighted by atomic mass is 10.2. The zero-order valence-corrected chi connectivity index (χ0v) is 13.8. The van der Waals surface area contributed by atoms with Gasteiger partial charge in [-0.3, -0.25) is 19.3 Å². The second kappa shape index (κ2) is 6.16. The summed E-state index contributed by atoms with van der Waals surface area (Å²) in [5.41, 5.74) is 0.557. The monoisotopic (exact) mass is 365 g/mol. The van der Waals surface area contributed by atoms with Gasteiger partial charge in [-0.2, -0.15) is 0 Å². The minimum absolute atomic E-state index is 0.0403. The summed E-state index contributed by atoms with van der Waals surface area (Å²) in [6.07, 6.45) is 6.50. The molecular formula is C15H9Cl2N3O2S. The maximum absolute atomic E-state index is 12.1. The van der Waals surface area contributed by atoms with Gasteiger partial charge in [0.05, 0.1) is 21.4 Å². The number of aromatic hydroxyl groups is 1. The number of hydrogen-bond acceptors (Lipinski definition) is 4. The highest BCUT2D eigenvalue weighted by Gasteiger charge is 2.14. The van der Waals surface area contributed by atoms with Gasteiger partial charge < -0.3 is 5.11 Å². The lowest BCUT2D eigenvalue weighted by Gasteiger charge is -2.12. The van der Waals surface area contributed by atoms with E-state index in [1.54, 1.807) is 36.6 Å². The molecule has 5 nitrogen and oxygen atoms in total. The van der Waals surface area contributed by atoms with Crippen molar-refractivity contribution in [2.24, 2.45) is 4.99 Å². The van der Waals surface area contributed by atoms with E-state index >= 15 is 0 Å². The number of aromatic nitrogens is 2. The van der Waals surface area contributed by atoms with Gasteiger partial charge in [-0.25, -0.2) is 0 Å². The van der Waals surface area contributed by atoms with Crippen molar-refractivity contribution >= 4 is 47.7 Å². The van der Waals surface area contributed by atoms with Gasteiger partial charge in [0.1, 0.15) is 5.56 Å². The van der Waals surface area contributed by atoms with Crippen LogP contribution in [0.25, 0.3) is 11.8 Å². The molecule has 1 aliphatic heterocycles. The number of benzene rings is 1. The molecule has 23 heavy (non-hydrogen) atoms. The zero-order valence-electron chi connectivity index (χ0n) is 11.5. The highest BCUT2D eigenvalue weighted by atomic mass is 35.5. The fourth-order valence-electron chi connectivity index (χ4n) is 2.08. The third-order valence-electron chi connectivity index (χ3n) is 3.15. The van der Waals surface area contributed by atoms with E-state index in [2.05, 4.69) is 9.98 Å². The van der Waals surface area contributed by atoms with Gasteiger partial charge in [-0.05, 0) is 48.6 Å². The summed E-state index contributed by atoms with van der Waals surface area (Å²) in [5.74, 6) is -0.305. The van der Waals surface area contributed by atoms with Crippen molar-refractivity contribution in [3.8, 4) is 11.6 Å². The second-order valence-electron chi connectivity index (χ2n) is 4.64. The fraction of sp³-hybridized carbons (Fsp3) is 0. The number of halogens is 2. The molecule has 0 amide bonds. The van der Waals surface area contributed by atoms with Gasteiger partial charge in [0.2, 0.25) is 5.88 Å². The molecule has 0 radical (unpaired) electrons. The van der Waals surface area contributed by atoms with Crippen LogP contribution in [0.4, 0.5) is 0 Å². The molecule has 3 rings (SSSR count). The van der Waals surface area contributed by atoms with Gasteiger partial charge in [-0.15, -0.1) is 0 Å². The van der Waals surface area contributed by atoms with Crippen molar-refractivity contribution in [1.82, 2.24) is 9.55 Å². The van der Waals surface area contributed by atoms with Crippen LogP contribution in [-0.2, 0) is 0 Å². The van der Waals surface area contributed by atoms with Gasteiger partial charge >= 0.3 is 0 Å². The quantitative estimate of drug-likeness (QED) is 0.793. The number of H-pyrrole nitrogens is 1. The molecule has 8 heteroatoms. The van der Waals surface area contributed by atoms with E-state index in [4.69, 9.17) is 35.4 Å². The molecule has 0 saturated heterocycles. The summed E-state index contributed by atoms with van der Waals surface area (Å²) in [5, 5.41) is 11.2. The zero-order chi connectivity index (χ0) is 16.6. The summed E-state index contributed by atoms with van der Waals surface area (Å²) in [6, 6.07) is 4.75. The third kappa shape index (κ3) is 3.01. The summed E-state index contributed by atoms with van der Waals surface area (Å²) < 4.78 is 1.34. The van der Waals surface area contributed by atoms with Crippen molar-refractivity contribution in [3.63, 3.8) is 0 Å². The normalized spacial score (nSPS) is 14.8. The van der Waals surface area contributed by atoms with Crippen LogP contribution in [0.1, 0.15) is 5.56 Å².